The molecule has 2 fully saturated rings. The molecule has 6 nitrogen and oxygen atoms in total. The smallest absolute Gasteiger partial charge is 0.321 e. The van der Waals surface area contributed by atoms with Crippen LogP contribution in [0, 0.1) is 11.8 Å². The highest BCUT2D eigenvalue weighted by atomic mass is 16.2. The van der Waals surface area contributed by atoms with Crippen molar-refractivity contribution in [2.45, 2.75) is 39.3 Å². The zero-order valence-electron chi connectivity index (χ0n) is 12.8. The first-order valence-corrected chi connectivity index (χ1v) is 7.37. The van der Waals surface area contributed by atoms with E-state index in [0.717, 1.165) is 19.6 Å². The molecule has 2 rings (SSSR count). The molecule has 3 amide bonds. The van der Waals surface area contributed by atoms with Crippen molar-refractivity contribution in [1.82, 2.24) is 20.9 Å². The lowest BCUT2D eigenvalue weighted by molar-refractivity contribution is -0.122. The summed E-state index contributed by atoms with van der Waals surface area (Å²) in [4.78, 5) is 25.7. The van der Waals surface area contributed by atoms with Crippen LogP contribution >= 0.6 is 0 Å². The second kappa shape index (κ2) is 5.69. The highest BCUT2D eigenvalue weighted by Gasteiger charge is 2.49. The first-order valence-electron chi connectivity index (χ1n) is 7.37. The van der Waals surface area contributed by atoms with Crippen LogP contribution in [0.25, 0.3) is 0 Å². The lowest BCUT2D eigenvalue weighted by Crippen LogP contribution is -2.51. The van der Waals surface area contributed by atoms with Crippen molar-refractivity contribution in [3.05, 3.63) is 0 Å². The van der Waals surface area contributed by atoms with Gasteiger partial charge in [0.2, 0.25) is 5.91 Å². The first kappa shape index (κ1) is 15.3. The maximum Gasteiger partial charge on any atom is 0.321 e. The Hall–Kier alpha value is -1.14. The minimum atomic E-state index is -0.413. The predicted molar refractivity (Wildman–Crippen MR) is 77.3 cm³/mol. The molecule has 2 unspecified atom stereocenters. The van der Waals surface area contributed by atoms with Crippen molar-refractivity contribution in [2.24, 2.45) is 11.8 Å². The summed E-state index contributed by atoms with van der Waals surface area (Å²) in [7, 11) is 0. The summed E-state index contributed by atoms with van der Waals surface area (Å²) in [5.74, 6) is 0.964. The average molecular weight is 282 g/mol. The Morgan fingerprint density at radius 3 is 2.65 bits per heavy atom. The fraction of sp³-hybridized carbons (Fsp3) is 0.857. The molecule has 0 aliphatic carbocycles. The van der Waals surface area contributed by atoms with Gasteiger partial charge in [-0.25, -0.2) is 4.79 Å². The number of amides is 3. The van der Waals surface area contributed by atoms with Gasteiger partial charge in [0.05, 0.1) is 6.54 Å². The molecule has 0 radical (unpaired) electrons. The van der Waals surface area contributed by atoms with Gasteiger partial charge in [0.15, 0.2) is 0 Å². The zero-order chi connectivity index (χ0) is 14.9. The van der Waals surface area contributed by atoms with Gasteiger partial charge in [-0.05, 0) is 46.1 Å². The van der Waals surface area contributed by atoms with Crippen LogP contribution in [0.3, 0.4) is 0 Å². The van der Waals surface area contributed by atoms with E-state index in [-0.39, 0.29) is 24.0 Å². The summed E-state index contributed by atoms with van der Waals surface area (Å²) in [5, 5.41) is 8.47. The number of carbonyl (C=O) groups is 2. The van der Waals surface area contributed by atoms with Gasteiger partial charge in [-0.1, -0.05) is 0 Å². The number of carbonyl (C=O) groups excluding carboxylic acids is 2. The Balaban J connectivity index is 1.87. The molecule has 0 aromatic heterocycles. The minimum Gasteiger partial charge on any atom is -0.336 e. The van der Waals surface area contributed by atoms with Gasteiger partial charge in [0.25, 0.3) is 0 Å². The lowest BCUT2D eigenvalue weighted by Gasteiger charge is -2.35. The normalized spacial score (nSPS) is 28.4. The number of urea groups is 1. The summed E-state index contributed by atoms with van der Waals surface area (Å²) in [6, 6.07) is -0.389. The highest BCUT2D eigenvalue weighted by Crippen LogP contribution is 2.40. The molecule has 3 N–H and O–H groups in total. The number of rotatable bonds is 3. The predicted octanol–water partition coefficient (Wildman–Crippen LogP) is 0.150. The van der Waals surface area contributed by atoms with Crippen molar-refractivity contribution in [2.75, 3.05) is 26.2 Å². The Bertz CT molecular complexity index is 395. The molecule has 0 spiro atoms. The van der Waals surface area contributed by atoms with E-state index in [4.69, 9.17) is 0 Å². The fourth-order valence-corrected chi connectivity index (χ4v) is 3.41. The minimum absolute atomic E-state index is 0.0000306. The number of hydrogen-bond donors (Lipinski definition) is 3. The number of nitrogens with zero attached hydrogens (tertiary/aromatic N) is 1. The van der Waals surface area contributed by atoms with Gasteiger partial charge in [-0.3, -0.25) is 15.0 Å². The number of hydrogen-bond acceptors (Lipinski definition) is 4. The second-order valence-electron chi connectivity index (χ2n) is 6.74. The zero-order valence-corrected chi connectivity index (χ0v) is 12.8. The van der Waals surface area contributed by atoms with Crippen molar-refractivity contribution in [3.63, 3.8) is 0 Å². The maximum absolute atomic E-state index is 12.0. The van der Waals surface area contributed by atoms with Crippen LogP contribution < -0.4 is 16.0 Å². The van der Waals surface area contributed by atoms with Crippen molar-refractivity contribution >= 4 is 11.9 Å². The summed E-state index contributed by atoms with van der Waals surface area (Å²) in [6.45, 7) is 11.3. The largest absolute Gasteiger partial charge is 0.336 e. The van der Waals surface area contributed by atoms with E-state index in [1.165, 1.54) is 0 Å². The van der Waals surface area contributed by atoms with Crippen LogP contribution in [-0.4, -0.2) is 54.6 Å². The van der Waals surface area contributed by atoms with Gasteiger partial charge >= 0.3 is 6.03 Å². The molecule has 20 heavy (non-hydrogen) atoms. The van der Waals surface area contributed by atoms with E-state index in [1.807, 2.05) is 13.8 Å². The molecule has 2 aliphatic rings. The van der Waals surface area contributed by atoms with E-state index in [9.17, 15) is 9.59 Å². The molecule has 114 valence electrons. The van der Waals surface area contributed by atoms with Gasteiger partial charge in [0, 0.05) is 24.7 Å². The van der Waals surface area contributed by atoms with E-state index < -0.39 is 6.03 Å². The van der Waals surface area contributed by atoms with Crippen LogP contribution in [0.5, 0.6) is 0 Å². The van der Waals surface area contributed by atoms with Crippen molar-refractivity contribution in [1.29, 1.82) is 0 Å². The second-order valence-corrected chi connectivity index (χ2v) is 6.74. The van der Waals surface area contributed by atoms with Crippen LogP contribution in [-0.2, 0) is 4.79 Å². The SMILES string of the molecule is CC(C)NC(=O)NC(=O)CN1CC2CNCC2C1(C)C. The molecule has 2 heterocycles. The topological polar surface area (TPSA) is 73.5 Å². The maximum atomic E-state index is 12.0. The quantitative estimate of drug-likeness (QED) is 0.689. The Morgan fingerprint density at radius 1 is 1.35 bits per heavy atom. The summed E-state index contributed by atoms with van der Waals surface area (Å²) in [5.41, 5.74) is 0.0000306. The Morgan fingerprint density at radius 2 is 2.05 bits per heavy atom. The molecule has 0 aromatic rings. The van der Waals surface area contributed by atoms with Crippen LogP contribution in [0.15, 0.2) is 0 Å². The third-order valence-corrected chi connectivity index (χ3v) is 4.52. The molecule has 0 saturated carbocycles. The third-order valence-electron chi connectivity index (χ3n) is 4.52. The number of nitrogens with one attached hydrogen (secondary N) is 3. The standard InChI is InChI=1S/C14H26N4O2/c1-9(2)16-13(20)17-12(19)8-18-7-10-5-15-6-11(10)14(18,3)4/h9-11,15H,5-8H2,1-4H3,(H2,16,17,19,20). The van der Waals surface area contributed by atoms with E-state index >= 15 is 0 Å². The van der Waals surface area contributed by atoms with Gasteiger partial charge in [-0.15, -0.1) is 0 Å². The van der Waals surface area contributed by atoms with E-state index in [2.05, 4.69) is 34.7 Å². The molecule has 2 atom stereocenters. The summed E-state index contributed by atoms with van der Waals surface area (Å²) >= 11 is 0. The van der Waals surface area contributed by atoms with Gasteiger partial charge in [0.1, 0.15) is 0 Å². The van der Waals surface area contributed by atoms with Crippen LogP contribution in [0.4, 0.5) is 4.79 Å². The average Bonchev–Trinajstić information content (AvgIpc) is 2.82. The number of fused-ring (bicyclic) bond motifs is 1. The van der Waals surface area contributed by atoms with Crippen LogP contribution in [0.1, 0.15) is 27.7 Å². The van der Waals surface area contributed by atoms with E-state index in [1.54, 1.807) is 0 Å². The van der Waals surface area contributed by atoms with Gasteiger partial charge < -0.3 is 10.6 Å². The van der Waals surface area contributed by atoms with Gasteiger partial charge in [-0.2, -0.15) is 0 Å². The molecular weight excluding hydrogens is 256 g/mol. The number of imide groups is 1. The summed E-state index contributed by atoms with van der Waals surface area (Å²) in [6.07, 6.45) is 0. The molecule has 0 aromatic carbocycles. The van der Waals surface area contributed by atoms with Crippen LogP contribution in [0.2, 0.25) is 0 Å². The number of likely N-dealkylation sites (tertiary alicyclic amines) is 1. The fourth-order valence-electron chi connectivity index (χ4n) is 3.41. The highest BCUT2D eigenvalue weighted by molar-refractivity contribution is 5.95. The monoisotopic (exact) mass is 282 g/mol. The Labute approximate surface area is 120 Å². The lowest BCUT2D eigenvalue weighted by atomic mass is 9.85. The molecule has 2 saturated heterocycles. The summed E-state index contributed by atoms with van der Waals surface area (Å²) < 4.78 is 0. The molecule has 2 aliphatic heterocycles. The van der Waals surface area contributed by atoms with Crippen molar-refractivity contribution in [3.8, 4) is 0 Å². The Kier molecular flexibility index (Phi) is 4.34. The first-order chi connectivity index (χ1) is 9.30. The molecule has 6 heteroatoms. The van der Waals surface area contributed by atoms with E-state index in [0.29, 0.717) is 11.8 Å². The molecule has 0 bridgehead atoms. The van der Waals surface area contributed by atoms with Crippen molar-refractivity contribution < 1.29 is 9.59 Å². The third kappa shape index (κ3) is 3.12. The molecular formula is C14H26N4O2.